The number of hydrazone groups is 1. The molecule has 0 atom stereocenters. The molecule has 7 nitrogen and oxygen atoms in total. The summed E-state index contributed by atoms with van der Waals surface area (Å²) >= 11 is 6.10. The van der Waals surface area contributed by atoms with Crippen LogP contribution in [-0.2, 0) is 9.53 Å². The number of hydrogen-bond acceptors (Lipinski definition) is 6. The number of nitrogens with one attached hydrogen (secondary N) is 1. The van der Waals surface area contributed by atoms with Crippen molar-refractivity contribution >= 4 is 29.7 Å². The van der Waals surface area contributed by atoms with E-state index < -0.39 is 11.9 Å². The summed E-state index contributed by atoms with van der Waals surface area (Å²) in [5.41, 5.74) is 3.19. The second kappa shape index (κ2) is 10.4. The zero-order valence-electron chi connectivity index (χ0n) is 17.0. The fourth-order valence-corrected chi connectivity index (χ4v) is 2.78. The summed E-state index contributed by atoms with van der Waals surface area (Å²) in [6.45, 7) is 3.37. The largest absolute Gasteiger partial charge is 0.484 e. The molecule has 3 aromatic rings. The first-order chi connectivity index (χ1) is 14.9. The number of carbonyl (C=O) groups excluding carboxylic acids is 2. The Hall–Kier alpha value is -3.58. The minimum atomic E-state index is -0.473. The van der Waals surface area contributed by atoms with Gasteiger partial charge < -0.3 is 13.9 Å². The van der Waals surface area contributed by atoms with Crippen molar-refractivity contribution in [2.24, 2.45) is 5.10 Å². The van der Waals surface area contributed by atoms with Crippen molar-refractivity contribution < 1.29 is 23.5 Å². The lowest BCUT2D eigenvalue weighted by Crippen LogP contribution is -2.24. The van der Waals surface area contributed by atoms with Gasteiger partial charge in [-0.25, -0.2) is 10.2 Å². The zero-order valence-corrected chi connectivity index (χ0v) is 17.8. The Morgan fingerprint density at radius 2 is 1.90 bits per heavy atom. The van der Waals surface area contributed by atoms with Crippen molar-refractivity contribution in [3.05, 3.63) is 77.0 Å². The number of amides is 1. The molecule has 0 fully saturated rings. The highest BCUT2D eigenvalue weighted by molar-refractivity contribution is 6.31. The van der Waals surface area contributed by atoms with Gasteiger partial charge >= 0.3 is 5.97 Å². The SMILES string of the molecule is CC(C)OC(=O)c1ccc(Cl)cc1-c1ccc(/C=N\NC(=O)COc2ccccc2)o1. The summed E-state index contributed by atoms with van der Waals surface area (Å²) in [7, 11) is 0. The lowest BCUT2D eigenvalue weighted by Gasteiger charge is -2.11. The molecule has 2 aromatic carbocycles. The van der Waals surface area contributed by atoms with E-state index >= 15 is 0 Å². The molecule has 0 radical (unpaired) electrons. The molecular weight excluding hydrogens is 420 g/mol. The zero-order chi connectivity index (χ0) is 22.2. The maximum absolute atomic E-state index is 12.4. The highest BCUT2D eigenvalue weighted by Gasteiger charge is 2.18. The maximum atomic E-state index is 12.4. The van der Waals surface area contributed by atoms with Crippen LogP contribution in [0.1, 0.15) is 30.0 Å². The van der Waals surface area contributed by atoms with Crippen molar-refractivity contribution in [1.82, 2.24) is 5.43 Å². The molecule has 160 valence electrons. The van der Waals surface area contributed by atoms with Gasteiger partial charge in [0.2, 0.25) is 0 Å². The van der Waals surface area contributed by atoms with Gasteiger partial charge in [-0.2, -0.15) is 5.10 Å². The summed E-state index contributed by atoms with van der Waals surface area (Å²) in [4.78, 5) is 24.2. The molecule has 0 aliphatic heterocycles. The number of esters is 1. The van der Waals surface area contributed by atoms with Gasteiger partial charge in [-0.1, -0.05) is 29.8 Å². The molecule has 0 unspecified atom stereocenters. The number of furan rings is 1. The lowest BCUT2D eigenvalue weighted by atomic mass is 10.1. The Morgan fingerprint density at radius 1 is 1.13 bits per heavy atom. The van der Waals surface area contributed by atoms with Gasteiger partial charge in [-0.05, 0) is 56.3 Å². The Balaban J connectivity index is 1.64. The summed E-state index contributed by atoms with van der Waals surface area (Å²) in [6, 6.07) is 17.1. The average Bonchev–Trinajstić information content (AvgIpc) is 3.21. The van der Waals surface area contributed by atoms with Crippen LogP contribution in [0.3, 0.4) is 0 Å². The summed E-state index contributed by atoms with van der Waals surface area (Å²) in [5.74, 6) is 0.492. The van der Waals surface area contributed by atoms with Gasteiger partial charge in [-0.15, -0.1) is 0 Å². The first-order valence-corrected chi connectivity index (χ1v) is 9.90. The molecule has 0 aliphatic rings. The third-order valence-electron chi connectivity index (χ3n) is 3.93. The second-order valence-electron chi connectivity index (χ2n) is 6.74. The normalized spacial score (nSPS) is 11.0. The summed E-state index contributed by atoms with van der Waals surface area (Å²) in [6.07, 6.45) is 1.09. The van der Waals surface area contributed by atoms with Crippen LogP contribution in [0.25, 0.3) is 11.3 Å². The maximum Gasteiger partial charge on any atom is 0.339 e. The van der Waals surface area contributed by atoms with Crippen LogP contribution in [0.4, 0.5) is 0 Å². The smallest absolute Gasteiger partial charge is 0.339 e. The van der Waals surface area contributed by atoms with E-state index in [1.54, 1.807) is 56.3 Å². The monoisotopic (exact) mass is 440 g/mol. The van der Waals surface area contributed by atoms with Gasteiger partial charge in [0.25, 0.3) is 5.91 Å². The van der Waals surface area contributed by atoms with E-state index in [9.17, 15) is 9.59 Å². The van der Waals surface area contributed by atoms with E-state index in [1.807, 2.05) is 18.2 Å². The number of carbonyl (C=O) groups is 2. The number of halogens is 1. The molecule has 31 heavy (non-hydrogen) atoms. The minimum Gasteiger partial charge on any atom is -0.484 e. The van der Waals surface area contributed by atoms with Crippen LogP contribution in [-0.4, -0.2) is 30.8 Å². The van der Waals surface area contributed by atoms with Crippen LogP contribution >= 0.6 is 11.6 Å². The molecule has 3 rings (SSSR count). The number of hydrogen-bond donors (Lipinski definition) is 1. The van der Waals surface area contributed by atoms with E-state index in [1.165, 1.54) is 6.21 Å². The van der Waals surface area contributed by atoms with Gasteiger partial charge in [-0.3, -0.25) is 4.79 Å². The standard InChI is InChI=1S/C23H21ClN2O5/c1-15(2)30-23(28)19-10-8-16(24)12-20(19)21-11-9-18(31-21)13-25-26-22(27)14-29-17-6-4-3-5-7-17/h3-13,15H,14H2,1-2H3,(H,26,27)/b25-13-. The molecule has 0 saturated carbocycles. The average molecular weight is 441 g/mol. The van der Waals surface area contributed by atoms with Crippen LogP contribution in [0.15, 0.2) is 70.2 Å². The van der Waals surface area contributed by atoms with Crippen LogP contribution < -0.4 is 10.2 Å². The second-order valence-corrected chi connectivity index (χ2v) is 7.18. The minimum absolute atomic E-state index is 0.172. The van der Waals surface area contributed by atoms with E-state index in [4.69, 9.17) is 25.5 Å². The molecule has 1 aromatic heterocycles. The highest BCUT2D eigenvalue weighted by Crippen LogP contribution is 2.29. The highest BCUT2D eigenvalue weighted by atomic mass is 35.5. The quantitative estimate of drug-likeness (QED) is 0.311. The number of para-hydroxylation sites is 1. The van der Waals surface area contributed by atoms with E-state index in [0.717, 1.165) is 0 Å². The van der Waals surface area contributed by atoms with E-state index in [2.05, 4.69) is 10.5 Å². The van der Waals surface area contributed by atoms with Crippen molar-refractivity contribution in [3.8, 4) is 17.1 Å². The Labute approximate surface area is 184 Å². The number of benzene rings is 2. The Bertz CT molecular complexity index is 1080. The fraction of sp³-hybridized carbons (Fsp3) is 0.174. The predicted molar refractivity (Wildman–Crippen MR) is 117 cm³/mol. The molecular formula is C23H21ClN2O5. The van der Waals surface area contributed by atoms with E-state index in [0.29, 0.717) is 33.4 Å². The summed E-state index contributed by atoms with van der Waals surface area (Å²) in [5, 5.41) is 4.31. The number of ether oxygens (including phenoxy) is 2. The summed E-state index contributed by atoms with van der Waals surface area (Å²) < 4.78 is 16.4. The molecule has 0 saturated heterocycles. The van der Waals surface area contributed by atoms with Crippen molar-refractivity contribution in [2.75, 3.05) is 6.61 Å². The number of nitrogens with zero attached hydrogens (tertiary/aromatic N) is 1. The molecule has 1 amide bonds. The molecule has 8 heteroatoms. The topological polar surface area (TPSA) is 90.1 Å². The van der Waals surface area contributed by atoms with Gasteiger partial charge in [0.1, 0.15) is 17.3 Å². The van der Waals surface area contributed by atoms with Gasteiger partial charge in [0.05, 0.1) is 17.9 Å². The van der Waals surface area contributed by atoms with Crippen molar-refractivity contribution in [1.29, 1.82) is 0 Å². The molecule has 0 aliphatic carbocycles. The van der Waals surface area contributed by atoms with Gasteiger partial charge in [0.15, 0.2) is 6.61 Å². The molecule has 0 spiro atoms. The molecule has 1 heterocycles. The Kier molecular flexibility index (Phi) is 7.45. The lowest BCUT2D eigenvalue weighted by molar-refractivity contribution is -0.123. The van der Waals surface area contributed by atoms with Crippen molar-refractivity contribution in [3.63, 3.8) is 0 Å². The third kappa shape index (κ3) is 6.45. The fourth-order valence-electron chi connectivity index (χ4n) is 2.61. The van der Waals surface area contributed by atoms with Gasteiger partial charge in [0, 0.05) is 10.6 Å². The van der Waals surface area contributed by atoms with Crippen LogP contribution in [0.5, 0.6) is 5.75 Å². The third-order valence-corrected chi connectivity index (χ3v) is 4.17. The number of rotatable bonds is 8. The Morgan fingerprint density at radius 3 is 2.65 bits per heavy atom. The first kappa shape index (κ1) is 22.1. The molecule has 1 N–H and O–H groups in total. The predicted octanol–water partition coefficient (Wildman–Crippen LogP) is 4.69. The molecule has 0 bridgehead atoms. The van der Waals surface area contributed by atoms with Crippen LogP contribution in [0.2, 0.25) is 5.02 Å². The van der Waals surface area contributed by atoms with E-state index in [-0.39, 0.29) is 12.7 Å². The first-order valence-electron chi connectivity index (χ1n) is 9.53. The van der Waals surface area contributed by atoms with Crippen molar-refractivity contribution in [2.45, 2.75) is 20.0 Å². The van der Waals surface area contributed by atoms with Crippen LogP contribution in [0, 0.1) is 0 Å².